The molecular weight excluding hydrogens is 325 g/mol. The van der Waals surface area contributed by atoms with Crippen LogP contribution in [0.25, 0.3) is 0 Å². The first-order valence-corrected chi connectivity index (χ1v) is 9.12. The molecule has 26 heavy (non-hydrogen) atoms. The van der Waals surface area contributed by atoms with Gasteiger partial charge in [-0.05, 0) is 60.8 Å². The predicted molar refractivity (Wildman–Crippen MR) is 100 cm³/mol. The number of nitrogens with zero attached hydrogens (tertiary/aromatic N) is 3. The summed E-state index contributed by atoms with van der Waals surface area (Å²) in [6.07, 6.45) is 6.50. The van der Waals surface area contributed by atoms with Crippen LogP contribution in [0, 0.1) is 5.82 Å². The van der Waals surface area contributed by atoms with Crippen LogP contribution in [0.5, 0.6) is 0 Å². The number of rotatable bonds is 5. The lowest BCUT2D eigenvalue weighted by molar-refractivity contribution is 0.244. The van der Waals surface area contributed by atoms with Crippen LogP contribution in [0.4, 0.5) is 4.39 Å². The molecule has 0 spiro atoms. The smallest absolute Gasteiger partial charge is 0.126 e. The third kappa shape index (κ3) is 3.81. The summed E-state index contributed by atoms with van der Waals surface area (Å²) < 4.78 is 13.9. The van der Waals surface area contributed by atoms with Crippen LogP contribution in [0.15, 0.2) is 67.0 Å². The monoisotopic (exact) mass is 347 g/mol. The third-order valence-corrected chi connectivity index (χ3v) is 5.00. The number of aromatic nitrogens is 2. The lowest BCUT2D eigenvalue weighted by atomic mass is 10.1. The third-order valence-electron chi connectivity index (χ3n) is 5.00. The molecule has 0 aliphatic carbocycles. The summed E-state index contributed by atoms with van der Waals surface area (Å²) in [7, 11) is 0. The van der Waals surface area contributed by atoms with E-state index in [1.807, 2.05) is 36.7 Å². The Morgan fingerprint density at radius 2 is 1.85 bits per heavy atom. The highest BCUT2D eigenvalue weighted by molar-refractivity contribution is 5.25. The SMILES string of the molecule is Fc1ccccc1Cc1cccc(C2CCCN2Cc2ccncc2)n1. The van der Waals surface area contributed by atoms with E-state index >= 15 is 0 Å². The highest BCUT2D eigenvalue weighted by Crippen LogP contribution is 2.32. The van der Waals surface area contributed by atoms with Crippen molar-refractivity contribution in [1.29, 1.82) is 0 Å². The molecule has 0 bridgehead atoms. The van der Waals surface area contributed by atoms with Crippen molar-refractivity contribution in [2.45, 2.75) is 31.8 Å². The quantitative estimate of drug-likeness (QED) is 0.678. The fraction of sp³-hybridized carbons (Fsp3) is 0.273. The van der Waals surface area contributed by atoms with Gasteiger partial charge in [0.05, 0.1) is 11.7 Å². The molecule has 4 heteroatoms. The van der Waals surface area contributed by atoms with E-state index in [1.165, 1.54) is 18.1 Å². The van der Waals surface area contributed by atoms with Crippen molar-refractivity contribution in [3.05, 3.63) is 95.3 Å². The molecule has 3 aromatic rings. The van der Waals surface area contributed by atoms with Crippen LogP contribution in [0.2, 0.25) is 0 Å². The molecule has 1 saturated heterocycles. The van der Waals surface area contributed by atoms with Gasteiger partial charge in [-0.25, -0.2) is 4.39 Å². The molecule has 2 aromatic heterocycles. The highest BCUT2D eigenvalue weighted by atomic mass is 19.1. The molecule has 3 heterocycles. The van der Waals surface area contributed by atoms with Crippen LogP contribution in [0.3, 0.4) is 0 Å². The van der Waals surface area contributed by atoms with E-state index in [0.29, 0.717) is 18.0 Å². The molecule has 0 radical (unpaired) electrons. The Balaban J connectivity index is 1.53. The number of hydrogen-bond acceptors (Lipinski definition) is 3. The van der Waals surface area contributed by atoms with Crippen LogP contribution in [-0.4, -0.2) is 21.4 Å². The van der Waals surface area contributed by atoms with Crippen molar-refractivity contribution in [3.8, 4) is 0 Å². The molecule has 1 aliphatic rings. The van der Waals surface area contributed by atoms with Crippen molar-refractivity contribution < 1.29 is 4.39 Å². The minimum absolute atomic E-state index is 0.167. The summed E-state index contributed by atoms with van der Waals surface area (Å²) in [5.74, 6) is -0.167. The number of benzene rings is 1. The number of pyridine rings is 2. The Labute approximate surface area is 153 Å². The van der Waals surface area contributed by atoms with Gasteiger partial charge in [0.1, 0.15) is 5.82 Å². The second kappa shape index (κ2) is 7.75. The van der Waals surface area contributed by atoms with E-state index in [9.17, 15) is 4.39 Å². The van der Waals surface area contributed by atoms with Gasteiger partial charge in [0.15, 0.2) is 0 Å². The number of likely N-dealkylation sites (tertiary alicyclic amines) is 1. The highest BCUT2D eigenvalue weighted by Gasteiger charge is 2.27. The molecular formula is C22H22FN3. The molecule has 1 atom stereocenters. The summed E-state index contributed by atoms with van der Waals surface area (Å²) in [6, 6.07) is 17.5. The van der Waals surface area contributed by atoms with Crippen molar-refractivity contribution in [3.63, 3.8) is 0 Å². The average molecular weight is 347 g/mol. The van der Waals surface area contributed by atoms with Crippen LogP contribution in [-0.2, 0) is 13.0 Å². The van der Waals surface area contributed by atoms with Crippen molar-refractivity contribution in [2.75, 3.05) is 6.54 Å². The molecule has 4 rings (SSSR count). The molecule has 1 aliphatic heterocycles. The minimum Gasteiger partial charge on any atom is -0.291 e. The van der Waals surface area contributed by atoms with Crippen LogP contribution < -0.4 is 0 Å². The predicted octanol–water partition coefficient (Wildman–Crippen LogP) is 4.54. The summed E-state index contributed by atoms with van der Waals surface area (Å²) in [4.78, 5) is 11.4. The fourth-order valence-electron chi connectivity index (χ4n) is 3.69. The first kappa shape index (κ1) is 16.9. The average Bonchev–Trinajstić information content (AvgIpc) is 3.13. The minimum atomic E-state index is -0.167. The van der Waals surface area contributed by atoms with Gasteiger partial charge >= 0.3 is 0 Å². The van der Waals surface area contributed by atoms with Crippen molar-refractivity contribution in [1.82, 2.24) is 14.9 Å². The van der Waals surface area contributed by atoms with Gasteiger partial charge in [0.25, 0.3) is 0 Å². The molecule has 0 saturated carbocycles. The van der Waals surface area contributed by atoms with Crippen molar-refractivity contribution in [2.24, 2.45) is 0 Å². The Hall–Kier alpha value is -2.59. The Kier molecular flexibility index (Phi) is 5.02. The van der Waals surface area contributed by atoms with Gasteiger partial charge in [-0.2, -0.15) is 0 Å². The van der Waals surface area contributed by atoms with E-state index in [2.05, 4.69) is 28.1 Å². The molecule has 0 N–H and O–H groups in total. The van der Waals surface area contributed by atoms with Gasteiger partial charge in [-0.3, -0.25) is 14.9 Å². The Morgan fingerprint density at radius 3 is 2.69 bits per heavy atom. The maximum Gasteiger partial charge on any atom is 0.126 e. The van der Waals surface area contributed by atoms with E-state index in [0.717, 1.165) is 30.9 Å². The second-order valence-electron chi connectivity index (χ2n) is 6.81. The second-order valence-corrected chi connectivity index (χ2v) is 6.81. The summed E-state index contributed by atoms with van der Waals surface area (Å²) in [5.41, 5.74) is 3.97. The summed E-state index contributed by atoms with van der Waals surface area (Å²) in [6.45, 7) is 1.98. The standard InChI is InChI=1S/C22H22FN3/c23-20-7-2-1-5-18(20)15-19-6-3-8-21(25-19)22-9-4-14-26(22)16-17-10-12-24-13-11-17/h1-3,5-8,10-13,22H,4,9,14-16H2. The zero-order valence-electron chi connectivity index (χ0n) is 14.7. The lowest BCUT2D eigenvalue weighted by Gasteiger charge is -2.24. The molecule has 3 nitrogen and oxygen atoms in total. The van der Waals surface area contributed by atoms with Gasteiger partial charge in [-0.15, -0.1) is 0 Å². The van der Waals surface area contributed by atoms with E-state index in [-0.39, 0.29) is 5.82 Å². The topological polar surface area (TPSA) is 29.0 Å². The molecule has 0 amide bonds. The summed E-state index contributed by atoms with van der Waals surface area (Å²) in [5, 5.41) is 0. The zero-order chi connectivity index (χ0) is 17.8. The Bertz CT molecular complexity index is 866. The van der Waals surface area contributed by atoms with E-state index in [1.54, 1.807) is 6.07 Å². The largest absolute Gasteiger partial charge is 0.291 e. The molecule has 1 fully saturated rings. The van der Waals surface area contributed by atoms with Gasteiger partial charge in [0, 0.05) is 31.1 Å². The number of hydrogen-bond donors (Lipinski definition) is 0. The van der Waals surface area contributed by atoms with Gasteiger partial charge in [-0.1, -0.05) is 24.3 Å². The normalized spacial score (nSPS) is 17.5. The van der Waals surface area contributed by atoms with Gasteiger partial charge < -0.3 is 0 Å². The molecule has 1 aromatic carbocycles. The van der Waals surface area contributed by atoms with Crippen LogP contribution >= 0.6 is 0 Å². The number of halogens is 1. The van der Waals surface area contributed by atoms with E-state index in [4.69, 9.17) is 4.98 Å². The maximum absolute atomic E-state index is 13.9. The van der Waals surface area contributed by atoms with Crippen molar-refractivity contribution >= 4 is 0 Å². The lowest BCUT2D eigenvalue weighted by Crippen LogP contribution is -2.23. The van der Waals surface area contributed by atoms with Gasteiger partial charge in [0.2, 0.25) is 0 Å². The maximum atomic E-state index is 13.9. The summed E-state index contributed by atoms with van der Waals surface area (Å²) >= 11 is 0. The fourth-order valence-corrected chi connectivity index (χ4v) is 3.69. The van der Waals surface area contributed by atoms with E-state index < -0.39 is 0 Å². The first-order valence-electron chi connectivity index (χ1n) is 9.12. The molecule has 1 unspecified atom stereocenters. The molecule has 132 valence electrons. The Morgan fingerprint density at radius 1 is 1.00 bits per heavy atom. The first-order chi connectivity index (χ1) is 12.8. The van der Waals surface area contributed by atoms with Crippen LogP contribution in [0.1, 0.15) is 41.4 Å². The zero-order valence-corrected chi connectivity index (χ0v) is 14.7.